The Morgan fingerprint density at radius 2 is 1.33 bits per heavy atom. The fraction of sp³-hybridized carbons (Fsp3) is 0.100. The molecule has 1 atom stereocenters. The van der Waals surface area contributed by atoms with Crippen LogP contribution in [0.4, 0.5) is 5.00 Å². The molecule has 27 heavy (non-hydrogen) atoms. The highest BCUT2D eigenvalue weighted by molar-refractivity contribution is 7.15. The number of nitrogens with zero attached hydrogens (tertiary/aromatic N) is 1. The van der Waals surface area contributed by atoms with E-state index in [1.165, 1.54) is 34.0 Å². The van der Waals surface area contributed by atoms with Crippen molar-refractivity contribution in [3.63, 3.8) is 0 Å². The molecule has 0 bridgehead atoms. The summed E-state index contributed by atoms with van der Waals surface area (Å²) in [7, 11) is 0. The van der Waals surface area contributed by atoms with E-state index in [4.69, 9.17) is 0 Å². The van der Waals surface area contributed by atoms with Crippen molar-refractivity contribution >= 4 is 62.0 Å². The van der Waals surface area contributed by atoms with E-state index in [1.807, 2.05) is 70.1 Å². The van der Waals surface area contributed by atoms with E-state index in [-0.39, 0.29) is 11.8 Å². The summed E-state index contributed by atoms with van der Waals surface area (Å²) in [5, 5.41) is 8.70. The summed E-state index contributed by atoms with van der Waals surface area (Å²) in [5.74, 6) is -0.781. The molecule has 1 aliphatic heterocycles. The molecule has 0 spiro atoms. The molecule has 1 aliphatic rings. The number of rotatable bonds is 4. The zero-order valence-corrected chi connectivity index (χ0v) is 17.2. The minimum absolute atomic E-state index is 0.348. The molecule has 3 nitrogen and oxygen atoms in total. The molecule has 134 valence electrons. The molecule has 4 aromatic rings. The number of carbonyl (C=O) groups is 2. The highest BCUT2D eigenvalue weighted by atomic mass is 32.1. The van der Waals surface area contributed by atoms with E-state index in [2.05, 4.69) is 0 Å². The maximum absolute atomic E-state index is 13.7. The number of Topliss-reactive ketones (excluding diaryl/α,β-unsaturated/α-hetero) is 1. The number of thiophene rings is 4. The molecule has 1 saturated heterocycles. The van der Waals surface area contributed by atoms with Gasteiger partial charge < -0.3 is 0 Å². The monoisotopic (exact) mass is 427 g/mol. The Hall–Kier alpha value is -2.06. The van der Waals surface area contributed by atoms with Crippen molar-refractivity contribution in [3.8, 4) is 0 Å². The van der Waals surface area contributed by atoms with Gasteiger partial charge in [-0.05, 0) is 51.9 Å². The molecule has 0 saturated carbocycles. The molecule has 1 fully saturated rings. The molecule has 0 aliphatic carbocycles. The van der Waals surface area contributed by atoms with Crippen molar-refractivity contribution in [1.29, 1.82) is 0 Å². The lowest BCUT2D eigenvalue weighted by molar-refractivity contribution is -0.135. The first-order valence-corrected chi connectivity index (χ1v) is 11.8. The highest BCUT2D eigenvalue weighted by Crippen LogP contribution is 2.56. The average Bonchev–Trinajstić information content (AvgIpc) is 3.49. The lowest BCUT2D eigenvalue weighted by Crippen LogP contribution is -2.38. The summed E-state index contributed by atoms with van der Waals surface area (Å²) in [6, 6.07) is 15.3. The van der Waals surface area contributed by atoms with E-state index >= 15 is 0 Å². The van der Waals surface area contributed by atoms with E-state index in [0.717, 1.165) is 19.6 Å². The molecule has 0 radical (unpaired) electrons. The van der Waals surface area contributed by atoms with Gasteiger partial charge in [-0.15, -0.1) is 45.3 Å². The Labute approximate surface area is 172 Å². The quantitative estimate of drug-likeness (QED) is 0.399. The van der Waals surface area contributed by atoms with Crippen LogP contribution in [-0.2, 0) is 15.0 Å². The second-order valence-corrected chi connectivity index (χ2v) is 9.94. The van der Waals surface area contributed by atoms with Crippen LogP contribution >= 0.6 is 45.3 Å². The third-order valence-corrected chi connectivity index (χ3v) is 8.62. The van der Waals surface area contributed by atoms with Gasteiger partial charge in [0.25, 0.3) is 5.91 Å². The van der Waals surface area contributed by atoms with Crippen LogP contribution in [0, 0.1) is 0 Å². The van der Waals surface area contributed by atoms with Crippen molar-refractivity contribution in [2.75, 3.05) is 4.90 Å². The predicted molar refractivity (Wildman–Crippen MR) is 113 cm³/mol. The zero-order chi connectivity index (χ0) is 18.4. The van der Waals surface area contributed by atoms with Gasteiger partial charge in [0.05, 0.1) is 11.0 Å². The molecule has 0 aromatic carbocycles. The minimum Gasteiger partial charge on any atom is -0.287 e. The lowest BCUT2D eigenvalue weighted by atomic mass is 9.75. The van der Waals surface area contributed by atoms with Crippen LogP contribution in [0.1, 0.15) is 20.7 Å². The van der Waals surface area contributed by atoms with Crippen LogP contribution in [-0.4, -0.2) is 11.7 Å². The molecular formula is C20H13NO2S4. The van der Waals surface area contributed by atoms with Crippen molar-refractivity contribution in [3.05, 3.63) is 84.7 Å². The molecule has 4 aromatic heterocycles. The van der Waals surface area contributed by atoms with Crippen LogP contribution < -0.4 is 4.90 Å². The molecule has 5 heterocycles. The Morgan fingerprint density at radius 3 is 1.85 bits per heavy atom. The van der Waals surface area contributed by atoms with E-state index in [0.29, 0.717) is 0 Å². The zero-order valence-electron chi connectivity index (χ0n) is 13.9. The van der Waals surface area contributed by atoms with Gasteiger partial charge in [0, 0.05) is 14.6 Å². The summed E-state index contributed by atoms with van der Waals surface area (Å²) in [6.45, 7) is 0. The number of hydrogen-bond donors (Lipinski definition) is 0. The van der Waals surface area contributed by atoms with Crippen molar-refractivity contribution in [2.24, 2.45) is 0 Å². The van der Waals surface area contributed by atoms with Crippen molar-refractivity contribution in [1.82, 2.24) is 0 Å². The molecular weight excluding hydrogens is 414 g/mol. The molecule has 0 N–H and O–H groups in total. The second kappa shape index (κ2) is 6.53. The van der Waals surface area contributed by atoms with E-state index in [9.17, 15) is 9.59 Å². The Kier molecular flexibility index (Phi) is 4.12. The first kappa shape index (κ1) is 17.1. The van der Waals surface area contributed by atoms with Gasteiger partial charge in [-0.2, -0.15) is 0 Å². The SMILES string of the molecule is O=C1C(=O)C(c2cccs2)(c2cccs2)C(c2cccs2)N1c1cccs1. The largest absolute Gasteiger partial charge is 0.297 e. The average molecular weight is 428 g/mol. The Morgan fingerprint density at radius 1 is 0.741 bits per heavy atom. The Bertz CT molecular complexity index is 1030. The number of hydrogen-bond acceptors (Lipinski definition) is 6. The predicted octanol–water partition coefficient (Wildman–Crippen LogP) is 5.58. The van der Waals surface area contributed by atoms with Crippen molar-refractivity contribution < 1.29 is 9.59 Å². The summed E-state index contributed by atoms with van der Waals surface area (Å²) in [5.41, 5.74) is -1.01. The topological polar surface area (TPSA) is 37.4 Å². The molecule has 7 heteroatoms. The van der Waals surface area contributed by atoms with Gasteiger partial charge in [-0.25, -0.2) is 0 Å². The fourth-order valence-corrected chi connectivity index (χ4v) is 7.38. The van der Waals surface area contributed by atoms with Crippen LogP contribution in [0.15, 0.2) is 70.1 Å². The van der Waals surface area contributed by atoms with Gasteiger partial charge in [-0.3, -0.25) is 14.5 Å². The minimum atomic E-state index is -1.01. The number of anilines is 1. The van der Waals surface area contributed by atoms with Crippen molar-refractivity contribution in [2.45, 2.75) is 11.5 Å². The second-order valence-electron chi connectivity index (χ2n) is 6.14. The lowest BCUT2D eigenvalue weighted by Gasteiger charge is -2.34. The van der Waals surface area contributed by atoms with Crippen LogP contribution in [0.5, 0.6) is 0 Å². The molecule has 1 unspecified atom stereocenters. The smallest absolute Gasteiger partial charge is 0.287 e. The van der Waals surface area contributed by atoms with Gasteiger partial charge in [0.1, 0.15) is 5.41 Å². The maximum Gasteiger partial charge on any atom is 0.297 e. The van der Waals surface area contributed by atoms with Crippen LogP contribution in [0.3, 0.4) is 0 Å². The number of carbonyl (C=O) groups excluding carboxylic acids is 2. The van der Waals surface area contributed by atoms with Crippen LogP contribution in [0.25, 0.3) is 0 Å². The van der Waals surface area contributed by atoms with Gasteiger partial charge >= 0.3 is 0 Å². The van der Waals surface area contributed by atoms with Gasteiger partial charge in [-0.1, -0.05) is 18.2 Å². The molecule has 5 rings (SSSR count). The van der Waals surface area contributed by atoms with E-state index in [1.54, 1.807) is 16.2 Å². The summed E-state index contributed by atoms with van der Waals surface area (Å²) in [6.07, 6.45) is 0. The van der Waals surface area contributed by atoms with Crippen LogP contribution in [0.2, 0.25) is 0 Å². The normalized spacial score (nSPS) is 19.1. The first-order chi connectivity index (χ1) is 13.2. The standard InChI is InChI=1S/C20H13NO2S4/c22-18-19(23)21(16-8-4-12-27-16)17(13-5-1-9-24-13)20(18,14-6-2-10-25-14)15-7-3-11-26-15/h1-12,17H. The first-order valence-electron chi connectivity index (χ1n) is 8.27. The van der Waals surface area contributed by atoms with E-state index < -0.39 is 11.3 Å². The third-order valence-electron chi connectivity index (χ3n) is 4.82. The fourth-order valence-electron chi connectivity index (χ4n) is 3.76. The number of ketones is 1. The van der Waals surface area contributed by atoms with Gasteiger partial charge in [0.15, 0.2) is 0 Å². The maximum atomic E-state index is 13.7. The third kappa shape index (κ3) is 2.36. The van der Waals surface area contributed by atoms with Gasteiger partial charge in [0.2, 0.25) is 5.78 Å². The summed E-state index contributed by atoms with van der Waals surface area (Å²) in [4.78, 5) is 31.5. The summed E-state index contributed by atoms with van der Waals surface area (Å²) < 4.78 is 0. The summed E-state index contributed by atoms with van der Waals surface area (Å²) >= 11 is 6.15. The highest BCUT2D eigenvalue weighted by Gasteiger charge is 2.63. The Balaban J connectivity index is 1.85. The molecule has 1 amide bonds. The number of amides is 1.